The van der Waals surface area contributed by atoms with Crippen molar-refractivity contribution in [3.05, 3.63) is 101 Å². The topological polar surface area (TPSA) is 52.7 Å². The largest absolute Gasteiger partial charge is 0.368 e. The van der Waals surface area contributed by atoms with Gasteiger partial charge in [-0.2, -0.15) is 0 Å². The third kappa shape index (κ3) is 6.52. The van der Waals surface area contributed by atoms with Crippen molar-refractivity contribution < 1.29 is 9.59 Å². The number of halogens is 1. The van der Waals surface area contributed by atoms with E-state index in [1.165, 1.54) is 5.56 Å². The summed E-state index contributed by atoms with van der Waals surface area (Å²) in [5.74, 6) is 0.350. The average molecular weight is 488 g/mol. The lowest BCUT2D eigenvalue weighted by Gasteiger charge is -2.36. The van der Waals surface area contributed by atoms with E-state index in [0.717, 1.165) is 30.0 Å². The van der Waals surface area contributed by atoms with Crippen LogP contribution in [0.15, 0.2) is 78.9 Å². The standard InChI is InChI=1S/C29H30ClN3O2/c1-21(2)23-6-3-22(4-7-23)5-16-28(34)31-26-12-14-27(15-13-26)32-17-19-33(20-18-32)29(35)24-8-10-25(30)11-9-24/h3-16,21H,17-20H2,1-2H3,(H,31,34). The molecule has 3 aromatic carbocycles. The number of rotatable bonds is 6. The van der Waals surface area contributed by atoms with Gasteiger partial charge in [0.05, 0.1) is 0 Å². The van der Waals surface area contributed by atoms with Crippen LogP contribution in [0.25, 0.3) is 6.08 Å². The molecule has 0 aromatic heterocycles. The number of carbonyl (C=O) groups is 2. The summed E-state index contributed by atoms with van der Waals surface area (Å²) in [5, 5.41) is 3.53. The lowest BCUT2D eigenvalue weighted by Crippen LogP contribution is -2.48. The Morgan fingerprint density at radius 1 is 0.857 bits per heavy atom. The van der Waals surface area contributed by atoms with Crippen LogP contribution in [0.4, 0.5) is 11.4 Å². The first-order valence-corrected chi connectivity index (χ1v) is 12.3. The van der Waals surface area contributed by atoms with Gasteiger partial charge in [0, 0.05) is 54.2 Å². The Hall–Kier alpha value is -3.57. The van der Waals surface area contributed by atoms with Crippen molar-refractivity contribution in [2.45, 2.75) is 19.8 Å². The molecule has 0 aliphatic carbocycles. The van der Waals surface area contributed by atoms with Gasteiger partial charge in [-0.25, -0.2) is 0 Å². The maximum absolute atomic E-state index is 12.7. The zero-order valence-electron chi connectivity index (χ0n) is 20.1. The highest BCUT2D eigenvalue weighted by Crippen LogP contribution is 2.21. The fourth-order valence-corrected chi connectivity index (χ4v) is 4.17. The van der Waals surface area contributed by atoms with Crippen molar-refractivity contribution in [3.8, 4) is 0 Å². The maximum atomic E-state index is 12.7. The van der Waals surface area contributed by atoms with Gasteiger partial charge in [-0.15, -0.1) is 0 Å². The van der Waals surface area contributed by atoms with Crippen LogP contribution < -0.4 is 10.2 Å². The summed E-state index contributed by atoms with van der Waals surface area (Å²) < 4.78 is 0. The number of nitrogens with one attached hydrogen (secondary N) is 1. The van der Waals surface area contributed by atoms with E-state index in [-0.39, 0.29) is 11.8 Å². The summed E-state index contributed by atoms with van der Waals surface area (Å²) >= 11 is 5.92. The van der Waals surface area contributed by atoms with Gasteiger partial charge in [-0.1, -0.05) is 49.7 Å². The molecule has 0 radical (unpaired) electrons. The molecule has 35 heavy (non-hydrogen) atoms. The predicted molar refractivity (Wildman–Crippen MR) is 144 cm³/mol. The third-order valence-corrected chi connectivity index (χ3v) is 6.44. The van der Waals surface area contributed by atoms with Gasteiger partial charge in [0.2, 0.25) is 5.91 Å². The Balaban J connectivity index is 1.27. The summed E-state index contributed by atoms with van der Waals surface area (Å²) in [5.41, 5.74) is 4.75. The lowest BCUT2D eigenvalue weighted by molar-refractivity contribution is -0.111. The number of anilines is 2. The molecule has 5 nitrogen and oxygen atoms in total. The average Bonchev–Trinajstić information content (AvgIpc) is 2.88. The summed E-state index contributed by atoms with van der Waals surface area (Å²) in [6, 6.07) is 23.1. The van der Waals surface area contributed by atoms with Crippen molar-refractivity contribution in [3.63, 3.8) is 0 Å². The van der Waals surface area contributed by atoms with Gasteiger partial charge < -0.3 is 15.1 Å². The van der Waals surface area contributed by atoms with Crippen molar-refractivity contribution >= 4 is 40.9 Å². The Morgan fingerprint density at radius 3 is 2.09 bits per heavy atom. The molecule has 4 rings (SSSR count). The Kier molecular flexibility index (Phi) is 7.88. The van der Waals surface area contributed by atoms with E-state index in [4.69, 9.17) is 11.6 Å². The van der Waals surface area contributed by atoms with Crippen molar-refractivity contribution in [2.24, 2.45) is 0 Å². The first kappa shape index (κ1) is 24.6. The minimum atomic E-state index is -0.167. The summed E-state index contributed by atoms with van der Waals surface area (Å²) in [6.07, 6.45) is 3.37. The van der Waals surface area contributed by atoms with Gasteiger partial charge >= 0.3 is 0 Å². The van der Waals surface area contributed by atoms with E-state index in [2.05, 4.69) is 36.2 Å². The molecule has 1 N–H and O–H groups in total. The Bertz CT molecular complexity index is 1180. The zero-order chi connectivity index (χ0) is 24.8. The highest BCUT2D eigenvalue weighted by atomic mass is 35.5. The molecule has 0 unspecified atom stereocenters. The molecule has 1 aliphatic heterocycles. The summed E-state index contributed by atoms with van der Waals surface area (Å²) in [6.45, 7) is 7.14. The number of hydrogen-bond donors (Lipinski definition) is 1. The molecule has 6 heteroatoms. The molecule has 1 fully saturated rings. The van der Waals surface area contributed by atoms with Gasteiger partial charge in [0.15, 0.2) is 0 Å². The molecule has 0 atom stereocenters. The van der Waals surface area contributed by atoms with Crippen molar-refractivity contribution in [1.29, 1.82) is 0 Å². The molecule has 3 aromatic rings. The van der Waals surface area contributed by atoms with Crippen LogP contribution in [-0.4, -0.2) is 42.9 Å². The molecular weight excluding hydrogens is 458 g/mol. The summed E-state index contributed by atoms with van der Waals surface area (Å²) in [7, 11) is 0. The number of hydrogen-bond acceptors (Lipinski definition) is 3. The molecule has 1 aliphatic rings. The fraction of sp³-hybridized carbons (Fsp3) is 0.241. The SMILES string of the molecule is CC(C)c1ccc(C=CC(=O)Nc2ccc(N3CCN(C(=O)c4ccc(Cl)cc4)CC3)cc2)cc1. The Labute approximate surface area is 212 Å². The highest BCUT2D eigenvalue weighted by Gasteiger charge is 2.22. The second-order valence-electron chi connectivity index (χ2n) is 8.98. The van der Waals surface area contributed by atoms with E-state index >= 15 is 0 Å². The normalized spacial score (nSPS) is 13.9. The van der Waals surface area contributed by atoms with Crippen LogP contribution >= 0.6 is 11.6 Å². The maximum Gasteiger partial charge on any atom is 0.253 e. The second-order valence-corrected chi connectivity index (χ2v) is 9.41. The highest BCUT2D eigenvalue weighted by molar-refractivity contribution is 6.30. The minimum absolute atomic E-state index is 0.0308. The van der Waals surface area contributed by atoms with Crippen molar-refractivity contribution in [2.75, 3.05) is 36.4 Å². The number of nitrogens with zero attached hydrogens (tertiary/aromatic N) is 2. The smallest absolute Gasteiger partial charge is 0.253 e. The first-order chi connectivity index (χ1) is 16.9. The molecule has 0 spiro atoms. The van der Waals surface area contributed by atoms with Gasteiger partial charge in [0.25, 0.3) is 5.91 Å². The van der Waals surface area contributed by atoms with Gasteiger partial charge in [-0.3, -0.25) is 9.59 Å². The molecule has 1 heterocycles. The quantitative estimate of drug-likeness (QED) is 0.429. The molecule has 1 saturated heterocycles. The van der Waals surface area contributed by atoms with E-state index in [9.17, 15) is 9.59 Å². The van der Waals surface area contributed by atoms with Crippen LogP contribution in [0, 0.1) is 0 Å². The fourth-order valence-electron chi connectivity index (χ4n) is 4.05. The van der Waals surface area contributed by atoms with E-state index in [1.54, 1.807) is 30.3 Å². The lowest BCUT2D eigenvalue weighted by atomic mass is 10.0. The monoisotopic (exact) mass is 487 g/mol. The molecular formula is C29H30ClN3O2. The van der Waals surface area contributed by atoms with Crippen LogP contribution in [-0.2, 0) is 4.79 Å². The minimum Gasteiger partial charge on any atom is -0.368 e. The van der Waals surface area contributed by atoms with E-state index < -0.39 is 0 Å². The number of amides is 2. The zero-order valence-corrected chi connectivity index (χ0v) is 20.8. The number of carbonyl (C=O) groups excluding carboxylic acids is 2. The third-order valence-electron chi connectivity index (χ3n) is 6.19. The van der Waals surface area contributed by atoms with E-state index in [0.29, 0.717) is 29.6 Å². The predicted octanol–water partition coefficient (Wildman–Crippen LogP) is 6.08. The Morgan fingerprint density at radius 2 is 1.49 bits per heavy atom. The molecule has 2 amide bonds. The summed E-state index contributed by atoms with van der Waals surface area (Å²) in [4.78, 5) is 29.2. The van der Waals surface area contributed by atoms with Crippen LogP contribution in [0.2, 0.25) is 5.02 Å². The van der Waals surface area contributed by atoms with Gasteiger partial charge in [0.1, 0.15) is 0 Å². The number of piperazine rings is 1. The van der Waals surface area contributed by atoms with Crippen molar-refractivity contribution in [1.82, 2.24) is 4.90 Å². The molecule has 0 saturated carbocycles. The molecule has 0 bridgehead atoms. The van der Waals surface area contributed by atoms with Gasteiger partial charge in [-0.05, 0) is 71.7 Å². The van der Waals surface area contributed by atoms with Crippen LogP contribution in [0.3, 0.4) is 0 Å². The first-order valence-electron chi connectivity index (χ1n) is 11.9. The number of benzene rings is 3. The second kappa shape index (κ2) is 11.2. The van der Waals surface area contributed by atoms with Crippen LogP contribution in [0.1, 0.15) is 41.3 Å². The van der Waals surface area contributed by atoms with Crippen LogP contribution in [0.5, 0.6) is 0 Å². The van der Waals surface area contributed by atoms with E-state index in [1.807, 2.05) is 47.4 Å². The molecule has 180 valence electrons.